The van der Waals surface area contributed by atoms with Crippen LogP contribution in [0.3, 0.4) is 0 Å². The average molecular weight is 203 g/mol. The number of aliphatic carboxylic acids is 1. The van der Waals surface area contributed by atoms with Gasteiger partial charge in [-0.1, -0.05) is 0 Å². The summed E-state index contributed by atoms with van der Waals surface area (Å²) in [6, 6.07) is -0.521. The molecule has 0 aliphatic carbocycles. The zero-order chi connectivity index (χ0) is 10.7. The van der Waals surface area contributed by atoms with Crippen LogP contribution in [0, 0.1) is 11.9 Å². The van der Waals surface area contributed by atoms with Crippen molar-refractivity contribution in [1.29, 1.82) is 0 Å². The van der Waals surface area contributed by atoms with Gasteiger partial charge in [0.25, 0.3) is 0 Å². The van der Waals surface area contributed by atoms with Gasteiger partial charge in [-0.15, -0.1) is 0 Å². The molecule has 0 bridgehead atoms. The zero-order valence-electron chi connectivity index (χ0n) is 7.16. The molecule has 0 aliphatic heterocycles. The summed E-state index contributed by atoms with van der Waals surface area (Å²) in [5, 5.41) is 10.7. The summed E-state index contributed by atoms with van der Waals surface area (Å²) in [5.41, 5.74) is 0. The highest BCUT2D eigenvalue weighted by Crippen LogP contribution is 2.04. The number of rotatable bonds is 3. The maximum absolute atomic E-state index is 12.5. The van der Waals surface area contributed by atoms with E-state index < -0.39 is 29.9 Å². The van der Waals surface area contributed by atoms with Gasteiger partial charge < -0.3 is 10.4 Å². The first-order valence-corrected chi connectivity index (χ1v) is 3.68. The molecular formula is C7H7F2N3O2. The number of nitrogens with zero attached hydrogens (tertiary/aromatic N) is 2. The van der Waals surface area contributed by atoms with E-state index in [0.29, 0.717) is 6.07 Å². The largest absolute Gasteiger partial charge is 0.480 e. The van der Waals surface area contributed by atoms with Gasteiger partial charge in [0.1, 0.15) is 6.04 Å². The summed E-state index contributed by atoms with van der Waals surface area (Å²) >= 11 is 0. The van der Waals surface area contributed by atoms with Crippen LogP contribution in [0.25, 0.3) is 0 Å². The molecule has 1 aromatic rings. The van der Waals surface area contributed by atoms with Gasteiger partial charge in [-0.05, 0) is 6.92 Å². The maximum atomic E-state index is 12.5. The second-order valence-electron chi connectivity index (χ2n) is 2.54. The van der Waals surface area contributed by atoms with Gasteiger partial charge in [-0.2, -0.15) is 18.7 Å². The van der Waals surface area contributed by atoms with Crippen molar-refractivity contribution < 1.29 is 18.7 Å². The smallest absolute Gasteiger partial charge is 0.325 e. The Kier molecular flexibility index (Phi) is 2.90. The molecule has 1 heterocycles. The van der Waals surface area contributed by atoms with Crippen LogP contribution in [0.4, 0.5) is 14.7 Å². The Morgan fingerprint density at radius 3 is 2.43 bits per heavy atom. The number of nitrogens with one attached hydrogen (secondary N) is 1. The minimum Gasteiger partial charge on any atom is -0.480 e. The number of hydrogen-bond acceptors (Lipinski definition) is 4. The van der Waals surface area contributed by atoms with Crippen LogP contribution >= 0.6 is 0 Å². The van der Waals surface area contributed by atoms with E-state index in [2.05, 4.69) is 15.3 Å². The minimum atomic E-state index is -1.17. The number of aromatic nitrogens is 2. The Balaban J connectivity index is 2.81. The number of hydrogen-bond donors (Lipinski definition) is 2. The van der Waals surface area contributed by atoms with Crippen molar-refractivity contribution in [3.05, 3.63) is 18.0 Å². The molecule has 0 spiro atoms. The van der Waals surface area contributed by atoms with Crippen molar-refractivity contribution >= 4 is 11.9 Å². The Morgan fingerprint density at radius 2 is 2.00 bits per heavy atom. The maximum Gasteiger partial charge on any atom is 0.325 e. The predicted octanol–water partition coefficient (Wildman–Crippen LogP) is 0.640. The van der Waals surface area contributed by atoms with Gasteiger partial charge >= 0.3 is 5.97 Å². The van der Waals surface area contributed by atoms with E-state index in [1.54, 1.807) is 0 Å². The summed E-state index contributed by atoms with van der Waals surface area (Å²) in [5.74, 6) is -3.68. The van der Waals surface area contributed by atoms with Gasteiger partial charge in [0.05, 0.1) is 0 Å². The van der Waals surface area contributed by atoms with E-state index in [1.165, 1.54) is 6.92 Å². The molecule has 0 radical (unpaired) electrons. The lowest BCUT2D eigenvalue weighted by molar-refractivity contribution is -0.137. The molecule has 0 unspecified atom stereocenters. The van der Waals surface area contributed by atoms with Crippen LogP contribution in [0.1, 0.15) is 6.92 Å². The van der Waals surface area contributed by atoms with Crippen molar-refractivity contribution in [2.24, 2.45) is 0 Å². The molecule has 0 fully saturated rings. The van der Waals surface area contributed by atoms with Crippen LogP contribution < -0.4 is 5.32 Å². The molecule has 0 saturated heterocycles. The number of carboxylic acid groups (broad SMARTS) is 1. The fourth-order valence-electron chi connectivity index (χ4n) is 0.710. The summed E-state index contributed by atoms with van der Waals surface area (Å²) in [4.78, 5) is 16.7. The summed E-state index contributed by atoms with van der Waals surface area (Å²) in [7, 11) is 0. The van der Waals surface area contributed by atoms with Crippen LogP contribution in [-0.2, 0) is 4.79 Å². The van der Waals surface area contributed by atoms with E-state index in [-0.39, 0.29) is 0 Å². The first-order valence-electron chi connectivity index (χ1n) is 3.68. The first-order chi connectivity index (χ1) is 6.49. The summed E-state index contributed by atoms with van der Waals surface area (Å²) in [6.45, 7) is 1.30. The van der Waals surface area contributed by atoms with Gasteiger partial charge in [0, 0.05) is 6.07 Å². The Labute approximate surface area is 77.8 Å². The lowest BCUT2D eigenvalue weighted by atomic mass is 10.3. The van der Waals surface area contributed by atoms with Gasteiger partial charge in [0.15, 0.2) is 0 Å². The van der Waals surface area contributed by atoms with Crippen LogP contribution in [0.15, 0.2) is 6.07 Å². The third-order valence-electron chi connectivity index (χ3n) is 1.38. The zero-order valence-corrected chi connectivity index (χ0v) is 7.16. The van der Waals surface area contributed by atoms with E-state index >= 15 is 0 Å². The van der Waals surface area contributed by atoms with E-state index in [0.717, 1.165) is 0 Å². The molecule has 0 aromatic carbocycles. The molecule has 2 N–H and O–H groups in total. The molecule has 7 heteroatoms. The highest BCUT2D eigenvalue weighted by atomic mass is 19.1. The Morgan fingerprint density at radius 1 is 1.50 bits per heavy atom. The molecule has 5 nitrogen and oxygen atoms in total. The third-order valence-corrected chi connectivity index (χ3v) is 1.38. The molecule has 76 valence electrons. The fraction of sp³-hybridized carbons (Fsp3) is 0.286. The molecule has 1 rings (SSSR count). The summed E-state index contributed by atoms with van der Waals surface area (Å²) < 4.78 is 25.0. The number of carbonyl (C=O) groups is 1. The highest BCUT2D eigenvalue weighted by molar-refractivity contribution is 5.75. The van der Waals surface area contributed by atoms with E-state index in [1.807, 2.05) is 0 Å². The average Bonchev–Trinajstić information content (AvgIpc) is 2.01. The third kappa shape index (κ3) is 2.61. The fourth-order valence-corrected chi connectivity index (χ4v) is 0.710. The normalized spacial score (nSPS) is 12.2. The number of halogens is 2. The second-order valence-corrected chi connectivity index (χ2v) is 2.54. The SMILES string of the molecule is C[C@H](Nc1nc(F)cc(F)n1)C(=O)O. The van der Waals surface area contributed by atoms with Crippen LogP contribution in [0.5, 0.6) is 0 Å². The molecular weight excluding hydrogens is 196 g/mol. The lowest BCUT2D eigenvalue weighted by Crippen LogP contribution is -2.26. The molecule has 14 heavy (non-hydrogen) atoms. The van der Waals surface area contributed by atoms with E-state index in [9.17, 15) is 13.6 Å². The minimum absolute atomic E-state index is 0.391. The van der Waals surface area contributed by atoms with Crippen molar-refractivity contribution in [1.82, 2.24) is 9.97 Å². The van der Waals surface area contributed by atoms with Crippen molar-refractivity contribution in [3.63, 3.8) is 0 Å². The lowest BCUT2D eigenvalue weighted by Gasteiger charge is -2.08. The Hall–Kier alpha value is -1.79. The van der Waals surface area contributed by atoms with Crippen molar-refractivity contribution in [2.45, 2.75) is 13.0 Å². The van der Waals surface area contributed by atoms with Crippen LogP contribution in [-0.4, -0.2) is 27.1 Å². The van der Waals surface area contributed by atoms with Gasteiger partial charge in [-0.25, -0.2) is 0 Å². The Bertz CT molecular complexity index is 339. The topological polar surface area (TPSA) is 75.1 Å². The number of anilines is 1. The summed E-state index contributed by atoms with van der Waals surface area (Å²) in [6.07, 6.45) is 0. The van der Waals surface area contributed by atoms with E-state index in [4.69, 9.17) is 5.11 Å². The van der Waals surface area contributed by atoms with Gasteiger partial charge in [-0.3, -0.25) is 4.79 Å². The number of carboxylic acids is 1. The monoisotopic (exact) mass is 203 g/mol. The quantitative estimate of drug-likeness (QED) is 0.705. The standard InChI is InChI=1S/C7H7F2N3O2/c1-3(6(13)14)10-7-11-4(8)2-5(9)12-7/h2-3H,1H3,(H,13,14)(H,10,11,12)/t3-/m0/s1. The molecule has 0 amide bonds. The van der Waals surface area contributed by atoms with Crippen LogP contribution in [0.2, 0.25) is 0 Å². The predicted molar refractivity (Wildman–Crippen MR) is 42.7 cm³/mol. The first kappa shape index (κ1) is 10.3. The van der Waals surface area contributed by atoms with Gasteiger partial charge in [0.2, 0.25) is 17.8 Å². The highest BCUT2D eigenvalue weighted by Gasteiger charge is 2.12. The van der Waals surface area contributed by atoms with Crippen molar-refractivity contribution in [2.75, 3.05) is 5.32 Å². The molecule has 1 aromatic heterocycles. The second kappa shape index (κ2) is 3.95. The molecule has 0 saturated carbocycles. The molecule has 0 aliphatic rings. The van der Waals surface area contributed by atoms with Crippen molar-refractivity contribution in [3.8, 4) is 0 Å². The molecule has 1 atom stereocenters.